The first-order chi connectivity index (χ1) is 14.6. The molecule has 0 aromatic carbocycles. The third kappa shape index (κ3) is 4.44. The van der Waals surface area contributed by atoms with E-state index in [0.29, 0.717) is 18.9 Å². The Morgan fingerprint density at radius 1 is 1.03 bits per heavy atom. The fourth-order valence-electron chi connectivity index (χ4n) is 5.35. The maximum absolute atomic E-state index is 12.9. The molecule has 1 aromatic rings. The van der Waals surface area contributed by atoms with Gasteiger partial charge in [-0.3, -0.25) is 9.59 Å². The molecule has 7 heteroatoms. The third-order valence-corrected chi connectivity index (χ3v) is 7.06. The van der Waals surface area contributed by atoms with E-state index < -0.39 is 0 Å². The van der Waals surface area contributed by atoms with Crippen LogP contribution in [0, 0.1) is 5.92 Å². The number of hydrogen-bond donors (Lipinski definition) is 1. The van der Waals surface area contributed by atoms with E-state index in [9.17, 15) is 9.59 Å². The maximum Gasteiger partial charge on any atom is 0.223 e. The summed E-state index contributed by atoms with van der Waals surface area (Å²) in [6.45, 7) is 3.71. The van der Waals surface area contributed by atoms with Gasteiger partial charge < -0.3 is 15.1 Å². The molecule has 2 aliphatic heterocycles. The van der Waals surface area contributed by atoms with Gasteiger partial charge in [-0.25, -0.2) is 9.97 Å². The number of amides is 2. The summed E-state index contributed by atoms with van der Waals surface area (Å²) in [6, 6.07) is -0.0420. The van der Waals surface area contributed by atoms with Gasteiger partial charge in [0.1, 0.15) is 5.82 Å². The zero-order chi connectivity index (χ0) is 21.1. The Kier molecular flexibility index (Phi) is 6.54. The zero-order valence-electron chi connectivity index (χ0n) is 18.5. The minimum absolute atomic E-state index is 0.0420. The van der Waals surface area contributed by atoms with Gasteiger partial charge in [0.05, 0.1) is 18.3 Å². The van der Waals surface area contributed by atoms with Crippen LogP contribution in [-0.2, 0) is 22.6 Å². The molecule has 7 nitrogen and oxygen atoms in total. The molecule has 164 valence electrons. The number of hydrogen-bond acceptors (Lipinski definition) is 5. The molecule has 0 spiro atoms. The van der Waals surface area contributed by atoms with Gasteiger partial charge >= 0.3 is 0 Å². The van der Waals surface area contributed by atoms with Gasteiger partial charge in [0.15, 0.2) is 5.82 Å². The lowest BCUT2D eigenvalue weighted by Crippen LogP contribution is -2.40. The zero-order valence-corrected chi connectivity index (χ0v) is 18.5. The second-order valence-corrected chi connectivity index (χ2v) is 9.10. The number of nitrogens with one attached hydrogen (secondary N) is 1. The minimum Gasteiger partial charge on any atom is -0.373 e. The Morgan fingerprint density at radius 3 is 2.53 bits per heavy atom. The highest BCUT2D eigenvalue weighted by atomic mass is 16.2. The van der Waals surface area contributed by atoms with Gasteiger partial charge in [-0.15, -0.1) is 0 Å². The lowest BCUT2D eigenvalue weighted by molar-refractivity contribution is -0.134. The summed E-state index contributed by atoms with van der Waals surface area (Å²) in [5, 5.41) is 3.23. The van der Waals surface area contributed by atoms with Crippen molar-refractivity contribution in [2.24, 2.45) is 5.92 Å². The van der Waals surface area contributed by atoms with Crippen LogP contribution in [-0.4, -0.2) is 51.7 Å². The van der Waals surface area contributed by atoms with E-state index in [1.54, 1.807) is 6.92 Å². The first kappa shape index (κ1) is 21.1. The third-order valence-electron chi connectivity index (χ3n) is 7.06. The Bertz CT molecular complexity index is 773. The van der Waals surface area contributed by atoms with E-state index in [4.69, 9.17) is 9.97 Å². The molecule has 1 saturated carbocycles. The predicted octanol–water partition coefficient (Wildman–Crippen LogP) is 3.45. The second-order valence-electron chi connectivity index (χ2n) is 9.10. The molecular weight excluding hydrogens is 378 g/mol. The molecule has 2 amide bonds. The van der Waals surface area contributed by atoms with Gasteiger partial charge in [-0.1, -0.05) is 19.3 Å². The molecule has 1 saturated heterocycles. The summed E-state index contributed by atoms with van der Waals surface area (Å²) >= 11 is 0. The van der Waals surface area contributed by atoms with Crippen molar-refractivity contribution >= 4 is 17.6 Å². The summed E-state index contributed by atoms with van der Waals surface area (Å²) in [5.41, 5.74) is 2.06. The molecule has 0 radical (unpaired) electrons. The number of anilines is 1. The Hall–Kier alpha value is -2.18. The van der Waals surface area contributed by atoms with E-state index in [1.165, 1.54) is 32.1 Å². The van der Waals surface area contributed by atoms with Gasteiger partial charge in [0, 0.05) is 45.5 Å². The van der Waals surface area contributed by atoms with Gasteiger partial charge in [0.25, 0.3) is 0 Å². The van der Waals surface area contributed by atoms with Crippen LogP contribution in [0.4, 0.5) is 5.82 Å². The topological polar surface area (TPSA) is 78.4 Å². The molecular formula is C23H35N5O2. The molecule has 0 unspecified atom stereocenters. The number of aromatic nitrogens is 2. The number of likely N-dealkylation sites (tertiary alicyclic amines) is 1. The van der Waals surface area contributed by atoms with Gasteiger partial charge in [-0.05, 0) is 38.0 Å². The number of fused-ring (bicyclic) bond motifs is 1. The van der Waals surface area contributed by atoms with Crippen LogP contribution in [0.5, 0.6) is 0 Å². The van der Waals surface area contributed by atoms with Crippen molar-refractivity contribution in [3.63, 3.8) is 0 Å². The van der Waals surface area contributed by atoms with E-state index >= 15 is 0 Å². The lowest BCUT2D eigenvalue weighted by atomic mass is 9.86. The van der Waals surface area contributed by atoms with Crippen molar-refractivity contribution < 1.29 is 9.59 Å². The first-order valence-corrected chi connectivity index (χ1v) is 11.7. The average Bonchev–Trinajstić information content (AvgIpc) is 2.78. The number of carbonyl (C=O) groups excluding carboxylic acids is 2. The van der Waals surface area contributed by atoms with Gasteiger partial charge in [0.2, 0.25) is 11.8 Å². The molecule has 4 rings (SSSR count). The average molecular weight is 414 g/mol. The SMILES string of the molecule is CNc1nc([C@@H]2CCCCN2C(C)=O)nc2c1CN(C(=O)CC1CCCCC1)CC2. The van der Waals surface area contributed by atoms with Crippen LogP contribution in [0.15, 0.2) is 0 Å². The summed E-state index contributed by atoms with van der Waals surface area (Å²) in [5.74, 6) is 2.47. The summed E-state index contributed by atoms with van der Waals surface area (Å²) in [6.07, 6.45) is 10.7. The van der Waals surface area contributed by atoms with Crippen LogP contribution >= 0.6 is 0 Å². The van der Waals surface area contributed by atoms with E-state index in [2.05, 4.69) is 5.32 Å². The maximum atomic E-state index is 12.9. The van der Waals surface area contributed by atoms with Crippen molar-refractivity contribution in [2.45, 2.75) is 83.7 Å². The van der Waals surface area contributed by atoms with E-state index in [1.807, 2.05) is 16.8 Å². The Labute approximate surface area is 179 Å². The van der Waals surface area contributed by atoms with Crippen LogP contribution in [0.25, 0.3) is 0 Å². The second kappa shape index (κ2) is 9.31. The quantitative estimate of drug-likeness (QED) is 0.818. The standard InChI is InChI=1S/C23H35N5O2/c1-16(29)28-12-7-6-10-20(28)23-25-19-11-13-27(15-18(19)22(24-2)26-23)21(30)14-17-8-4-3-5-9-17/h17,20H,3-15H2,1-2H3,(H,24,25,26)/t20-/m0/s1. The summed E-state index contributed by atoms with van der Waals surface area (Å²) < 4.78 is 0. The predicted molar refractivity (Wildman–Crippen MR) is 116 cm³/mol. The molecule has 3 heterocycles. The number of rotatable bonds is 4. The molecule has 0 bridgehead atoms. The van der Waals surface area contributed by atoms with Crippen LogP contribution in [0.2, 0.25) is 0 Å². The van der Waals surface area contributed by atoms with E-state index in [0.717, 1.165) is 61.7 Å². The summed E-state index contributed by atoms with van der Waals surface area (Å²) in [7, 11) is 1.87. The van der Waals surface area contributed by atoms with Crippen molar-refractivity contribution in [3.05, 3.63) is 17.1 Å². The first-order valence-electron chi connectivity index (χ1n) is 11.7. The number of nitrogens with zero attached hydrogens (tertiary/aromatic N) is 4. The fourth-order valence-corrected chi connectivity index (χ4v) is 5.35. The Balaban J connectivity index is 1.51. The molecule has 1 aliphatic carbocycles. The highest BCUT2D eigenvalue weighted by Gasteiger charge is 2.32. The fraction of sp³-hybridized carbons (Fsp3) is 0.739. The molecule has 1 N–H and O–H groups in total. The van der Waals surface area contributed by atoms with E-state index in [-0.39, 0.29) is 17.9 Å². The Morgan fingerprint density at radius 2 is 1.80 bits per heavy atom. The van der Waals surface area contributed by atoms with Crippen molar-refractivity contribution in [1.29, 1.82) is 0 Å². The normalized spacial score (nSPS) is 22.5. The molecule has 30 heavy (non-hydrogen) atoms. The smallest absolute Gasteiger partial charge is 0.223 e. The van der Waals surface area contributed by atoms with Gasteiger partial charge in [-0.2, -0.15) is 0 Å². The minimum atomic E-state index is -0.0420. The van der Waals surface area contributed by atoms with Crippen molar-refractivity contribution in [1.82, 2.24) is 19.8 Å². The monoisotopic (exact) mass is 413 g/mol. The van der Waals surface area contributed by atoms with Crippen LogP contribution < -0.4 is 5.32 Å². The summed E-state index contributed by atoms with van der Waals surface area (Å²) in [4.78, 5) is 38.7. The van der Waals surface area contributed by atoms with Crippen molar-refractivity contribution in [2.75, 3.05) is 25.5 Å². The lowest BCUT2D eigenvalue weighted by Gasteiger charge is -2.35. The van der Waals surface area contributed by atoms with Crippen LogP contribution in [0.3, 0.4) is 0 Å². The van der Waals surface area contributed by atoms with Crippen molar-refractivity contribution in [3.8, 4) is 0 Å². The van der Waals surface area contributed by atoms with Crippen LogP contribution in [0.1, 0.15) is 87.8 Å². The molecule has 1 aromatic heterocycles. The molecule has 1 atom stereocenters. The highest BCUT2D eigenvalue weighted by Crippen LogP contribution is 2.33. The molecule has 3 aliphatic rings. The number of piperidine rings is 1. The number of carbonyl (C=O) groups is 2. The largest absolute Gasteiger partial charge is 0.373 e. The highest BCUT2D eigenvalue weighted by molar-refractivity contribution is 5.77. The molecule has 2 fully saturated rings.